The molecule has 0 radical (unpaired) electrons. The Kier molecular flexibility index (Phi) is 6.16. The highest BCUT2D eigenvalue weighted by Crippen LogP contribution is 2.32. The molecule has 0 bridgehead atoms. The molecular formula is C28H26N6O3. The molecule has 9 heteroatoms. The molecule has 0 saturated carbocycles. The van der Waals surface area contributed by atoms with E-state index < -0.39 is 0 Å². The lowest BCUT2D eigenvalue weighted by atomic mass is 10.1. The molecule has 0 fully saturated rings. The van der Waals surface area contributed by atoms with Gasteiger partial charge in [-0.2, -0.15) is 9.97 Å². The van der Waals surface area contributed by atoms with Crippen molar-refractivity contribution in [1.29, 1.82) is 0 Å². The molecule has 0 atom stereocenters. The number of nitrogens with zero attached hydrogens (tertiary/aromatic N) is 4. The van der Waals surface area contributed by atoms with E-state index in [1.54, 1.807) is 13.4 Å². The molecule has 0 unspecified atom stereocenters. The highest BCUT2D eigenvalue weighted by molar-refractivity contribution is 5.85. The maximum Gasteiger partial charge on any atom is 0.231 e. The van der Waals surface area contributed by atoms with Crippen LogP contribution in [0.4, 0.5) is 11.8 Å². The molecule has 6 rings (SSSR count). The number of imidazole rings is 1. The van der Waals surface area contributed by atoms with Crippen LogP contribution in [0.15, 0.2) is 79.1 Å². The Hall–Kier alpha value is -4.79. The second-order valence-electron chi connectivity index (χ2n) is 8.58. The maximum atomic E-state index is 5.51. The summed E-state index contributed by atoms with van der Waals surface area (Å²) in [6.07, 6.45) is 2.61. The number of nitrogens with one attached hydrogen (secondary N) is 2. The van der Waals surface area contributed by atoms with Gasteiger partial charge in [-0.3, -0.25) is 4.57 Å². The van der Waals surface area contributed by atoms with Gasteiger partial charge in [0, 0.05) is 18.8 Å². The van der Waals surface area contributed by atoms with Crippen molar-refractivity contribution in [2.75, 3.05) is 31.1 Å². The predicted molar refractivity (Wildman–Crippen MR) is 142 cm³/mol. The molecule has 0 amide bonds. The van der Waals surface area contributed by atoms with Gasteiger partial charge >= 0.3 is 0 Å². The molecule has 2 N–H and O–H groups in total. The standard InChI is InChI=1S/C28H26N6O3/c1-35-22-10-7-19(8-11-22)13-14-29-26-25-27(34(17-31-25)21-5-3-2-4-6-21)33-28(32-26)30-16-20-9-12-23-24(15-20)37-18-36-23/h2-12,15,17H,13-14,16,18H2,1H3,(H2,29,30,32,33). The van der Waals surface area contributed by atoms with Crippen molar-refractivity contribution in [1.82, 2.24) is 19.5 Å². The highest BCUT2D eigenvalue weighted by Gasteiger charge is 2.16. The Balaban J connectivity index is 1.26. The van der Waals surface area contributed by atoms with Crippen molar-refractivity contribution in [2.45, 2.75) is 13.0 Å². The average Bonchev–Trinajstić information content (AvgIpc) is 3.60. The number of para-hydroxylation sites is 1. The minimum Gasteiger partial charge on any atom is -0.497 e. The summed E-state index contributed by atoms with van der Waals surface area (Å²) in [5.74, 6) is 3.55. The van der Waals surface area contributed by atoms with Gasteiger partial charge in [0.1, 0.15) is 12.1 Å². The third kappa shape index (κ3) is 4.84. The third-order valence-corrected chi connectivity index (χ3v) is 6.18. The first-order valence-electron chi connectivity index (χ1n) is 12.1. The van der Waals surface area contributed by atoms with Crippen molar-refractivity contribution in [2.24, 2.45) is 0 Å². The smallest absolute Gasteiger partial charge is 0.231 e. The van der Waals surface area contributed by atoms with Gasteiger partial charge in [-0.15, -0.1) is 0 Å². The van der Waals surface area contributed by atoms with Crippen molar-refractivity contribution >= 4 is 22.9 Å². The molecule has 0 spiro atoms. The van der Waals surface area contributed by atoms with Crippen LogP contribution in [0, 0.1) is 0 Å². The maximum absolute atomic E-state index is 5.51. The SMILES string of the molecule is COc1ccc(CCNc2nc(NCc3ccc4c(c3)OCO4)nc3c2ncn3-c2ccccc2)cc1. The summed E-state index contributed by atoms with van der Waals surface area (Å²) in [6.45, 7) is 1.48. The van der Waals surface area contributed by atoms with Crippen LogP contribution in [0.25, 0.3) is 16.9 Å². The number of benzene rings is 3. The minimum atomic E-state index is 0.251. The van der Waals surface area contributed by atoms with E-state index in [1.807, 2.05) is 65.2 Å². The van der Waals surface area contributed by atoms with E-state index in [1.165, 1.54) is 5.56 Å². The number of anilines is 2. The first kappa shape index (κ1) is 22.7. The van der Waals surface area contributed by atoms with Crippen LogP contribution in [-0.4, -0.2) is 40.0 Å². The van der Waals surface area contributed by atoms with Gasteiger partial charge in [0.15, 0.2) is 28.5 Å². The fourth-order valence-corrected chi connectivity index (χ4v) is 4.23. The largest absolute Gasteiger partial charge is 0.497 e. The predicted octanol–water partition coefficient (Wildman–Crippen LogP) is 4.82. The van der Waals surface area contributed by atoms with Crippen molar-refractivity contribution in [3.8, 4) is 22.9 Å². The summed E-state index contributed by atoms with van der Waals surface area (Å²) in [5, 5.41) is 6.83. The lowest BCUT2D eigenvalue weighted by Crippen LogP contribution is -2.11. The molecule has 2 aromatic heterocycles. The molecule has 3 heterocycles. The summed E-state index contributed by atoms with van der Waals surface area (Å²) in [5.41, 5.74) is 4.66. The number of fused-ring (bicyclic) bond motifs is 2. The number of methoxy groups -OCH3 is 1. The van der Waals surface area contributed by atoms with Gasteiger partial charge in [-0.05, 0) is 53.9 Å². The second kappa shape index (κ2) is 10.1. The van der Waals surface area contributed by atoms with Gasteiger partial charge in [0.25, 0.3) is 0 Å². The summed E-state index contributed by atoms with van der Waals surface area (Å²) in [4.78, 5) is 14.2. The summed E-state index contributed by atoms with van der Waals surface area (Å²) in [7, 11) is 1.67. The van der Waals surface area contributed by atoms with Crippen molar-refractivity contribution in [3.63, 3.8) is 0 Å². The van der Waals surface area contributed by atoms with E-state index in [2.05, 4.69) is 27.8 Å². The normalized spacial score (nSPS) is 12.0. The quantitative estimate of drug-likeness (QED) is 0.301. The Morgan fingerprint density at radius 2 is 1.70 bits per heavy atom. The van der Waals surface area contributed by atoms with Gasteiger partial charge in [-0.1, -0.05) is 36.4 Å². The van der Waals surface area contributed by atoms with Gasteiger partial charge in [0.05, 0.1) is 7.11 Å². The topological polar surface area (TPSA) is 95.3 Å². The minimum absolute atomic E-state index is 0.251. The van der Waals surface area contributed by atoms with Gasteiger partial charge in [0.2, 0.25) is 12.7 Å². The Morgan fingerprint density at radius 3 is 2.54 bits per heavy atom. The lowest BCUT2D eigenvalue weighted by molar-refractivity contribution is 0.174. The molecule has 3 aromatic carbocycles. The van der Waals surface area contributed by atoms with E-state index >= 15 is 0 Å². The van der Waals surface area contributed by atoms with Crippen molar-refractivity contribution in [3.05, 3.63) is 90.3 Å². The van der Waals surface area contributed by atoms with Gasteiger partial charge < -0.3 is 24.8 Å². The van der Waals surface area contributed by atoms with Crippen LogP contribution in [0.2, 0.25) is 0 Å². The molecule has 0 aliphatic carbocycles. The van der Waals surface area contributed by atoms with Crippen LogP contribution in [-0.2, 0) is 13.0 Å². The van der Waals surface area contributed by atoms with E-state index in [9.17, 15) is 0 Å². The molecule has 0 saturated heterocycles. The summed E-state index contributed by atoms with van der Waals surface area (Å²) < 4.78 is 18.1. The fourth-order valence-electron chi connectivity index (χ4n) is 4.23. The number of hydrogen-bond acceptors (Lipinski definition) is 8. The van der Waals surface area contributed by atoms with E-state index in [4.69, 9.17) is 24.2 Å². The highest BCUT2D eigenvalue weighted by atomic mass is 16.7. The van der Waals surface area contributed by atoms with E-state index in [0.717, 1.165) is 40.6 Å². The summed E-state index contributed by atoms with van der Waals surface area (Å²) in [6, 6.07) is 24.0. The van der Waals surface area contributed by atoms with Crippen LogP contribution >= 0.6 is 0 Å². The van der Waals surface area contributed by atoms with E-state index in [0.29, 0.717) is 30.4 Å². The molecule has 5 aromatic rings. The van der Waals surface area contributed by atoms with Gasteiger partial charge in [-0.25, -0.2) is 4.98 Å². The van der Waals surface area contributed by atoms with Crippen LogP contribution < -0.4 is 24.8 Å². The average molecular weight is 495 g/mol. The molecule has 37 heavy (non-hydrogen) atoms. The Morgan fingerprint density at radius 1 is 0.892 bits per heavy atom. The Bertz CT molecular complexity index is 1520. The number of hydrogen-bond donors (Lipinski definition) is 2. The number of aromatic nitrogens is 4. The van der Waals surface area contributed by atoms with E-state index in [-0.39, 0.29) is 6.79 Å². The number of rotatable bonds is 9. The van der Waals surface area contributed by atoms with Crippen LogP contribution in [0.1, 0.15) is 11.1 Å². The molecule has 9 nitrogen and oxygen atoms in total. The van der Waals surface area contributed by atoms with Crippen LogP contribution in [0.5, 0.6) is 17.2 Å². The second-order valence-corrected chi connectivity index (χ2v) is 8.58. The fraction of sp³-hybridized carbons (Fsp3) is 0.179. The zero-order chi connectivity index (χ0) is 25.0. The Labute approximate surface area is 214 Å². The number of ether oxygens (including phenoxy) is 3. The monoisotopic (exact) mass is 494 g/mol. The van der Waals surface area contributed by atoms with Crippen molar-refractivity contribution < 1.29 is 14.2 Å². The molecule has 1 aliphatic heterocycles. The third-order valence-electron chi connectivity index (χ3n) is 6.18. The zero-order valence-electron chi connectivity index (χ0n) is 20.3. The molecular weight excluding hydrogens is 468 g/mol. The molecule has 1 aliphatic rings. The van der Waals surface area contributed by atoms with Crippen LogP contribution in [0.3, 0.4) is 0 Å². The first-order chi connectivity index (χ1) is 18.3. The lowest BCUT2D eigenvalue weighted by Gasteiger charge is -2.11. The molecule has 186 valence electrons. The zero-order valence-corrected chi connectivity index (χ0v) is 20.3. The summed E-state index contributed by atoms with van der Waals surface area (Å²) >= 11 is 0. The first-order valence-corrected chi connectivity index (χ1v) is 12.1.